The van der Waals surface area contributed by atoms with E-state index in [1.54, 1.807) is 19.1 Å². The number of hydrogen-bond acceptors (Lipinski definition) is 4. The van der Waals surface area contributed by atoms with E-state index < -0.39 is 16.1 Å². The highest BCUT2D eigenvalue weighted by Gasteiger charge is 2.18. The van der Waals surface area contributed by atoms with Gasteiger partial charge < -0.3 is 10.1 Å². The molecule has 3 rings (SSSR count). The number of carbonyl (C=O) groups is 1. The quantitative estimate of drug-likeness (QED) is 0.521. The van der Waals surface area contributed by atoms with Gasteiger partial charge in [0.2, 0.25) is 0 Å². The summed E-state index contributed by atoms with van der Waals surface area (Å²) in [6.07, 6.45) is -0.716. The number of para-hydroxylation sites is 1. The van der Waals surface area contributed by atoms with Gasteiger partial charge in [0.1, 0.15) is 5.75 Å². The first kappa shape index (κ1) is 23.3. The van der Waals surface area contributed by atoms with Gasteiger partial charge in [0.15, 0.2) is 6.10 Å². The summed E-state index contributed by atoms with van der Waals surface area (Å²) in [6.45, 7) is 9.36. The molecule has 3 aromatic rings. The Kier molecular flexibility index (Phi) is 6.89. The summed E-state index contributed by atoms with van der Waals surface area (Å²) in [5.41, 5.74) is 4.97. The van der Waals surface area contributed by atoms with Crippen LogP contribution in [0.5, 0.6) is 5.75 Å². The van der Waals surface area contributed by atoms with E-state index >= 15 is 0 Å². The summed E-state index contributed by atoms with van der Waals surface area (Å²) in [5.74, 6) is 0.294. The molecule has 0 radical (unpaired) electrons. The van der Waals surface area contributed by atoms with Crippen LogP contribution in [0.25, 0.3) is 0 Å². The fraction of sp³-hybridized carbons (Fsp3) is 0.240. The maximum absolute atomic E-state index is 12.8. The predicted octanol–water partition coefficient (Wildman–Crippen LogP) is 5.13. The number of benzene rings is 3. The molecule has 0 aliphatic carbocycles. The molecule has 0 bridgehead atoms. The molecular weight excluding hydrogens is 424 g/mol. The lowest BCUT2D eigenvalue weighted by Gasteiger charge is -2.16. The van der Waals surface area contributed by atoms with Crippen LogP contribution in [-0.4, -0.2) is 20.4 Å². The third kappa shape index (κ3) is 5.48. The van der Waals surface area contributed by atoms with Crippen LogP contribution >= 0.6 is 0 Å². The van der Waals surface area contributed by atoms with Crippen molar-refractivity contribution in [3.8, 4) is 5.75 Å². The highest BCUT2D eigenvalue weighted by atomic mass is 32.2. The first-order valence-corrected chi connectivity index (χ1v) is 11.8. The van der Waals surface area contributed by atoms with Gasteiger partial charge in [-0.3, -0.25) is 9.52 Å². The molecule has 0 aliphatic heterocycles. The lowest BCUT2D eigenvalue weighted by Crippen LogP contribution is -2.30. The molecule has 0 unspecified atom stereocenters. The van der Waals surface area contributed by atoms with E-state index in [0.29, 0.717) is 17.1 Å². The molecule has 0 saturated heterocycles. The van der Waals surface area contributed by atoms with Crippen LogP contribution in [0.1, 0.15) is 29.2 Å². The fourth-order valence-electron chi connectivity index (χ4n) is 3.17. The normalized spacial score (nSPS) is 12.2. The Bertz CT molecular complexity index is 1220. The second kappa shape index (κ2) is 9.44. The average Bonchev–Trinajstić information content (AvgIpc) is 2.74. The summed E-state index contributed by atoms with van der Waals surface area (Å²) in [5, 5.41) is 2.76. The smallest absolute Gasteiger partial charge is 0.265 e. The number of carbonyl (C=O) groups excluding carboxylic acids is 1. The van der Waals surface area contributed by atoms with Crippen LogP contribution in [0.3, 0.4) is 0 Å². The van der Waals surface area contributed by atoms with Gasteiger partial charge in [-0.2, -0.15) is 0 Å². The SMILES string of the molecule is Cc1ccc(O[C@@H](C)C(=O)Nc2ccc(S(=O)(=O)Nc3c(C)cccc3C)cc2)cc1C. The molecule has 0 spiro atoms. The zero-order chi connectivity index (χ0) is 23.5. The zero-order valence-corrected chi connectivity index (χ0v) is 19.7. The molecule has 2 N–H and O–H groups in total. The van der Waals surface area contributed by atoms with Crippen molar-refractivity contribution < 1.29 is 17.9 Å². The topological polar surface area (TPSA) is 84.5 Å². The van der Waals surface area contributed by atoms with Gasteiger partial charge in [0.05, 0.1) is 10.6 Å². The number of hydrogen-bond donors (Lipinski definition) is 2. The Morgan fingerprint density at radius 2 is 1.47 bits per heavy atom. The van der Waals surface area contributed by atoms with Gasteiger partial charge in [-0.05, 0) is 93.3 Å². The van der Waals surface area contributed by atoms with Gasteiger partial charge in [-0.25, -0.2) is 8.42 Å². The first-order valence-electron chi connectivity index (χ1n) is 10.3. The second-order valence-corrected chi connectivity index (χ2v) is 9.57. The number of rotatable bonds is 7. The molecule has 7 heteroatoms. The number of ether oxygens (including phenoxy) is 1. The molecule has 0 saturated carbocycles. The van der Waals surface area contributed by atoms with Crippen molar-refractivity contribution in [2.24, 2.45) is 0 Å². The Balaban J connectivity index is 1.67. The van der Waals surface area contributed by atoms with Crippen LogP contribution in [0.2, 0.25) is 0 Å². The molecule has 1 amide bonds. The highest BCUT2D eigenvalue weighted by molar-refractivity contribution is 7.92. The minimum atomic E-state index is -3.76. The minimum Gasteiger partial charge on any atom is -0.481 e. The largest absolute Gasteiger partial charge is 0.481 e. The van der Waals surface area contributed by atoms with E-state index in [4.69, 9.17) is 4.74 Å². The Morgan fingerprint density at radius 3 is 2.06 bits per heavy atom. The summed E-state index contributed by atoms with van der Waals surface area (Å²) in [7, 11) is -3.76. The first-order chi connectivity index (χ1) is 15.1. The molecule has 0 fully saturated rings. The number of sulfonamides is 1. The van der Waals surface area contributed by atoms with E-state index in [1.165, 1.54) is 12.1 Å². The predicted molar refractivity (Wildman–Crippen MR) is 128 cm³/mol. The van der Waals surface area contributed by atoms with Crippen LogP contribution in [0.15, 0.2) is 65.6 Å². The molecule has 168 valence electrons. The van der Waals surface area contributed by atoms with E-state index in [-0.39, 0.29) is 10.8 Å². The molecule has 0 aliphatic rings. The lowest BCUT2D eigenvalue weighted by molar-refractivity contribution is -0.122. The fourth-order valence-corrected chi connectivity index (χ4v) is 4.38. The standard InChI is InChI=1S/C25H28N2O4S/c1-16-9-12-22(15-19(16)4)31-20(5)25(28)26-21-10-13-23(14-11-21)32(29,30)27-24-17(2)7-6-8-18(24)3/h6-15,20,27H,1-5H3,(H,26,28)/t20-/m0/s1. The van der Waals surface area contributed by atoms with Gasteiger partial charge in [0.25, 0.3) is 15.9 Å². The van der Waals surface area contributed by atoms with Crippen LogP contribution < -0.4 is 14.8 Å². The summed E-state index contributed by atoms with van der Waals surface area (Å²) in [6, 6.07) is 17.3. The summed E-state index contributed by atoms with van der Waals surface area (Å²) < 4.78 is 34.0. The van der Waals surface area contributed by atoms with Crippen molar-refractivity contribution in [3.63, 3.8) is 0 Å². The van der Waals surface area contributed by atoms with Crippen LogP contribution in [-0.2, 0) is 14.8 Å². The van der Waals surface area contributed by atoms with Crippen molar-refractivity contribution in [1.82, 2.24) is 0 Å². The van der Waals surface area contributed by atoms with Crippen molar-refractivity contribution in [2.45, 2.75) is 45.6 Å². The Morgan fingerprint density at radius 1 is 0.844 bits per heavy atom. The highest BCUT2D eigenvalue weighted by Crippen LogP contribution is 2.24. The summed E-state index contributed by atoms with van der Waals surface area (Å²) >= 11 is 0. The van der Waals surface area contributed by atoms with Crippen molar-refractivity contribution in [2.75, 3.05) is 10.0 Å². The molecule has 32 heavy (non-hydrogen) atoms. The Hall–Kier alpha value is -3.32. The van der Waals surface area contributed by atoms with Gasteiger partial charge in [0, 0.05) is 5.69 Å². The summed E-state index contributed by atoms with van der Waals surface area (Å²) in [4.78, 5) is 12.6. The zero-order valence-electron chi connectivity index (χ0n) is 18.9. The van der Waals surface area contributed by atoms with Crippen molar-refractivity contribution in [3.05, 3.63) is 82.9 Å². The van der Waals surface area contributed by atoms with Gasteiger partial charge >= 0.3 is 0 Å². The lowest BCUT2D eigenvalue weighted by atomic mass is 10.1. The van der Waals surface area contributed by atoms with Crippen LogP contribution in [0, 0.1) is 27.7 Å². The molecule has 0 heterocycles. The molecule has 3 aromatic carbocycles. The third-order valence-corrected chi connectivity index (χ3v) is 6.68. The van der Waals surface area contributed by atoms with Crippen LogP contribution in [0.4, 0.5) is 11.4 Å². The maximum Gasteiger partial charge on any atom is 0.265 e. The maximum atomic E-state index is 12.8. The van der Waals surface area contributed by atoms with E-state index in [2.05, 4.69) is 10.0 Å². The molecule has 0 aromatic heterocycles. The van der Waals surface area contributed by atoms with E-state index in [1.807, 2.05) is 64.1 Å². The number of anilines is 2. The molecule has 6 nitrogen and oxygen atoms in total. The number of amides is 1. The molecular formula is C25H28N2O4S. The number of nitrogens with one attached hydrogen (secondary N) is 2. The molecule has 1 atom stereocenters. The third-order valence-electron chi connectivity index (χ3n) is 5.31. The van der Waals surface area contributed by atoms with E-state index in [0.717, 1.165) is 22.3 Å². The van der Waals surface area contributed by atoms with Crippen molar-refractivity contribution >= 4 is 27.3 Å². The number of aryl methyl sites for hydroxylation is 4. The van der Waals surface area contributed by atoms with Gasteiger partial charge in [-0.15, -0.1) is 0 Å². The average molecular weight is 453 g/mol. The monoisotopic (exact) mass is 452 g/mol. The van der Waals surface area contributed by atoms with Crippen molar-refractivity contribution in [1.29, 1.82) is 0 Å². The van der Waals surface area contributed by atoms with E-state index in [9.17, 15) is 13.2 Å². The minimum absolute atomic E-state index is 0.109. The second-order valence-electron chi connectivity index (χ2n) is 7.89. The Labute approximate surface area is 189 Å². The van der Waals surface area contributed by atoms with Gasteiger partial charge in [-0.1, -0.05) is 24.3 Å².